The molecule has 4 rings (SSSR count). The van der Waals surface area contributed by atoms with Crippen LogP contribution in [0.25, 0.3) is 0 Å². The number of carbonyl (C=O) groups excluding carboxylic acids is 2. The summed E-state index contributed by atoms with van der Waals surface area (Å²) < 4.78 is 6.13. The summed E-state index contributed by atoms with van der Waals surface area (Å²) in [6.07, 6.45) is 0. The van der Waals surface area contributed by atoms with Gasteiger partial charge in [-0.15, -0.1) is 0 Å². The minimum atomic E-state index is -0.524. The maximum absolute atomic E-state index is 12.9. The molecule has 1 heterocycles. The van der Waals surface area contributed by atoms with Crippen molar-refractivity contribution >= 4 is 50.9 Å². The number of carbonyl (C=O) groups is 2. The third kappa shape index (κ3) is 3.63. The van der Waals surface area contributed by atoms with Gasteiger partial charge in [-0.1, -0.05) is 52.0 Å². The number of nitrogens with zero attached hydrogens (tertiary/aromatic N) is 1. The van der Waals surface area contributed by atoms with Crippen molar-refractivity contribution in [2.75, 3.05) is 11.5 Å². The van der Waals surface area contributed by atoms with Gasteiger partial charge in [-0.25, -0.2) is 4.79 Å². The van der Waals surface area contributed by atoms with Crippen LogP contribution in [0.3, 0.4) is 0 Å². The lowest BCUT2D eigenvalue weighted by molar-refractivity contribution is -0.121. The molecule has 0 fully saturated rings. The van der Waals surface area contributed by atoms with Gasteiger partial charge in [0.15, 0.2) is 6.61 Å². The minimum absolute atomic E-state index is 0.291. The van der Waals surface area contributed by atoms with Gasteiger partial charge in [-0.3, -0.25) is 9.69 Å². The van der Waals surface area contributed by atoms with E-state index < -0.39 is 5.97 Å². The van der Waals surface area contributed by atoms with Crippen molar-refractivity contribution < 1.29 is 14.3 Å². The van der Waals surface area contributed by atoms with Crippen LogP contribution in [-0.2, 0) is 9.53 Å². The van der Waals surface area contributed by atoms with Gasteiger partial charge in [-0.05, 0) is 48.5 Å². The zero-order valence-corrected chi connectivity index (χ0v) is 16.5. The van der Waals surface area contributed by atoms with Crippen molar-refractivity contribution in [1.29, 1.82) is 0 Å². The first kappa shape index (κ1) is 17.8. The molecule has 0 unspecified atom stereocenters. The summed E-state index contributed by atoms with van der Waals surface area (Å²) in [6.45, 7) is -0.331. The minimum Gasteiger partial charge on any atom is -0.452 e. The molecule has 3 aromatic rings. The first-order valence-corrected chi connectivity index (χ1v) is 9.86. The van der Waals surface area contributed by atoms with Gasteiger partial charge in [0.1, 0.15) is 0 Å². The van der Waals surface area contributed by atoms with Gasteiger partial charge in [0.05, 0.1) is 16.9 Å². The second-order valence-electron chi connectivity index (χ2n) is 5.85. The highest BCUT2D eigenvalue weighted by Gasteiger charge is 2.28. The Labute approximate surface area is 169 Å². The molecule has 0 aromatic heterocycles. The molecule has 1 aliphatic heterocycles. The van der Waals surface area contributed by atoms with E-state index in [1.54, 1.807) is 40.9 Å². The van der Waals surface area contributed by atoms with Crippen LogP contribution in [0.5, 0.6) is 0 Å². The zero-order valence-electron chi connectivity index (χ0n) is 14.1. The number of hydrogen-bond acceptors (Lipinski definition) is 4. The Morgan fingerprint density at radius 1 is 0.852 bits per heavy atom. The fourth-order valence-corrected chi connectivity index (χ4v) is 4.16. The third-order valence-corrected chi connectivity index (χ3v) is 5.75. The van der Waals surface area contributed by atoms with E-state index in [2.05, 4.69) is 15.9 Å². The molecule has 1 amide bonds. The maximum atomic E-state index is 12.9. The number of esters is 1. The Hall–Kier alpha value is -2.57. The van der Waals surface area contributed by atoms with Crippen LogP contribution in [-0.4, -0.2) is 18.5 Å². The van der Waals surface area contributed by atoms with E-state index in [0.717, 1.165) is 25.6 Å². The smallest absolute Gasteiger partial charge is 0.338 e. The van der Waals surface area contributed by atoms with Gasteiger partial charge < -0.3 is 4.74 Å². The predicted molar refractivity (Wildman–Crippen MR) is 109 cm³/mol. The van der Waals surface area contributed by atoms with Crippen LogP contribution in [0.2, 0.25) is 0 Å². The molecule has 27 heavy (non-hydrogen) atoms. The van der Waals surface area contributed by atoms with E-state index in [1.807, 2.05) is 48.5 Å². The molecule has 0 spiro atoms. The summed E-state index contributed by atoms with van der Waals surface area (Å²) in [7, 11) is 0. The monoisotopic (exact) mass is 439 g/mol. The molecule has 1 aliphatic rings. The number of amides is 1. The summed E-state index contributed by atoms with van der Waals surface area (Å²) in [5.41, 5.74) is 2.00. The normalized spacial score (nSPS) is 12.1. The van der Waals surface area contributed by atoms with Crippen molar-refractivity contribution in [3.8, 4) is 0 Å². The quantitative estimate of drug-likeness (QED) is 0.510. The van der Waals surface area contributed by atoms with Crippen molar-refractivity contribution in [2.45, 2.75) is 9.79 Å². The highest BCUT2D eigenvalue weighted by Crippen LogP contribution is 2.47. The Bertz CT molecular complexity index is 974. The van der Waals surface area contributed by atoms with Crippen LogP contribution < -0.4 is 4.90 Å². The number of ether oxygens (including phenoxy) is 1. The summed E-state index contributed by atoms with van der Waals surface area (Å²) in [6, 6.07) is 22.2. The van der Waals surface area contributed by atoms with Gasteiger partial charge in [0, 0.05) is 14.3 Å². The number of fused-ring (bicyclic) bond motifs is 2. The second-order valence-corrected chi connectivity index (χ2v) is 7.85. The molecule has 3 aromatic carbocycles. The van der Waals surface area contributed by atoms with Gasteiger partial charge >= 0.3 is 5.97 Å². The topological polar surface area (TPSA) is 46.6 Å². The first-order valence-electron chi connectivity index (χ1n) is 8.25. The van der Waals surface area contributed by atoms with Gasteiger partial charge in [0.25, 0.3) is 5.91 Å². The number of para-hydroxylation sites is 2. The Kier molecular flexibility index (Phi) is 5.01. The predicted octanol–water partition coefficient (Wildman–Crippen LogP) is 5.44. The van der Waals surface area contributed by atoms with Crippen molar-refractivity contribution in [2.24, 2.45) is 0 Å². The number of halogens is 1. The molecular weight excluding hydrogens is 426 g/mol. The standard InChI is InChI=1S/C21H14BrNO3S/c22-15-11-9-14(10-12-15)21(25)26-13-20(24)23-16-5-1-3-7-18(16)27-19-8-4-2-6-17(19)23/h1-12H,13H2. The van der Waals surface area contributed by atoms with Crippen LogP contribution >= 0.6 is 27.7 Å². The lowest BCUT2D eigenvalue weighted by Gasteiger charge is -2.30. The van der Waals surface area contributed by atoms with E-state index in [-0.39, 0.29) is 12.5 Å². The molecule has 0 N–H and O–H groups in total. The SMILES string of the molecule is O=C(OCC(=O)N1c2ccccc2Sc2ccccc21)c1ccc(Br)cc1. The van der Waals surface area contributed by atoms with E-state index in [4.69, 9.17) is 4.74 Å². The molecular formula is C21H14BrNO3S. The highest BCUT2D eigenvalue weighted by atomic mass is 79.9. The summed E-state index contributed by atoms with van der Waals surface area (Å²) in [5, 5.41) is 0. The third-order valence-electron chi connectivity index (χ3n) is 4.09. The van der Waals surface area contributed by atoms with Crippen LogP contribution in [0, 0.1) is 0 Å². The van der Waals surface area contributed by atoms with Gasteiger partial charge in [-0.2, -0.15) is 0 Å². The molecule has 0 saturated heterocycles. The molecule has 0 bridgehead atoms. The zero-order chi connectivity index (χ0) is 18.8. The van der Waals surface area contributed by atoms with E-state index >= 15 is 0 Å². The Morgan fingerprint density at radius 3 is 2.00 bits per heavy atom. The van der Waals surface area contributed by atoms with E-state index in [1.165, 1.54) is 0 Å². The second kappa shape index (κ2) is 7.58. The highest BCUT2D eigenvalue weighted by molar-refractivity contribution is 9.10. The Balaban J connectivity index is 1.57. The fourth-order valence-electron chi connectivity index (χ4n) is 2.83. The van der Waals surface area contributed by atoms with Crippen molar-refractivity contribution in [3.05, 3.63) is 82.8 Å². The molecule has 0 atom stereocenters. The molecule has 0 radical (unpaired) electrons. The number of anilines is 2. The lowest BCUT2D eigenvalue weighted by Crippen LogP contribution is -2.32. The van der Waals surface area contributed by atoms with Crippen molar-refractivity contribution in [3.63, 3.8) is 0 Å². The van der Waals surface area contributed by atoms with Crippen LogP contribution in [0.15, 0.2) is 87.1 Å². The van der Waals surface area contributed by atoms with Crippen molar-refractivity contribution in [1.82, 2.24) is 0 Å². The summed E-state index contributed by atoms with van der Waals surface area (Å²) >= 11 is 4.94. The van der Waals surface area contributed by atoms with E-state index in [9.17, 15) is 9.59 Å². The molecule has 0 aliphatic carbocycles. The molecule has 134 valence electrons. The summed E-state index contributed by atoms with van der Waals surface area (Å²) in [4.78, 5) is 28.8. The molecule has 0 saturated carbocycles. The van der Waals surface area contributed by atoms with Crippen LogP contribution in [0.1, 0.15) is 10.4 Å². The first-order chi connectivity index (χ1) is 13.1. The Morgan fingerprint density at radius 2 is 1.41 bits per heavy atom. The van der Waals surface area contributed by atoms with Gasteiger partial charge in [0.2, 0.25) is 0 Å². The fraction of sp³-hybridized carbons (Fsp3) is 0.0476. The lowest BCUT2D eigenvalue weighted by atomic mass is 10.2. The molecule has 6 heteroatoms. The number of hydrogen-bond donors (Lipinski definition) is 0. The summed E-state index contributed by atoms with van der Waals surface area (Å²) in [5.74, 6) is -0.815. The number of rotatable bonds is 3. The maximum Gasteiger partial charge on any atom is 0.338 e. The van der Waals surface area contributed by atoms with Crippen LogP contribution in [0.4, 0.5) is 11.4 Å². The van der Waals surface area contributed by atoms with E-state index in [0.29, 0.717) is 5.56 Å². The molecule has 4 nitrogen and oxygen atoms in total. The average Bonchev–Trinajstić information content (AvgIpc) is 2.70. The number of benzene rings is 3. The largest absolute Gasteiger partial charge is 0.452 e. The average molecular weight is 440 g/mol.